The molecule has 0 saturated heterocycles. The third-order valence-electron chi connectivity index (χ3n) is 4.63. The number of alkyl halides is 3. The summed E-state index contributed by atoms with van der Waals surface area (Å²) >= 11 is 0. The first-order valence-corrected chi connectivity index (χ1v) is 8.57. The Morgan fingerprint density at radius 3 is 2.50 bits per heavy atom. The summed E-state index contributed by atoms with van der Waals surface area (Å²) in [6.07, 6.45) is 3.69. The number of aromatic nitrogens is 2. The van der Waals surface area contributed by atoms with E-state index < -0.39 is 17.6 Å². The van der Waals surface area contributed by atoms with Crippen molar-refractivity contribution in [2.75, 3.05) is 5.32 Å². The van der Waals surface area contributed by atoms with Gasteiger partial charge in [0, 0.05) is 18.3 Å². The van der Waals surface area contributed by atoms with Gasteiger partial charge in [-0.15, -0.1) is 0 Å². The number of nitrogens with one attached hydrogen (secondary N) is 1. The Hall–Kier alpha value is -2.38. The second kappa shape index (κ2) is 7.47. The first-order chi connectivity index (χ1) is 12.4. The van der Waals surface area contributed by atoms with Gasteiger partial charge in [-0.2, -0.15) is 13.2 Å². The molecule has 140 valence electrons. The molecule has 0 bridgehead atoms. The number of imidazole rings is 1. The highest BCUT2D eigenvalue weighted by molar-refractivity contribution is 5.91. The van der Waals surface area contributed by atoms with E-state index in [9.17, 15) is 22.4 Å². The molecule has 2 aromatic rings. The number of nitrogens with zero attached hydrogens (tertiary/aromatic N) is 2. The van der Waals surface area contributed by atoms with Gasteiger partial charge in [0.25, 0.3) is 0 Å². The van der Waals surface area contributed by atoms with E-state index in [4.69, 9.17) is 0 Å². The molecule has 1 aromatic heterocycles. The lowest BCUT2D eigenvalue weighted by Gasteiger charge is -2.16. The average Bonchev–Trinajstić information content (AvgIpc) is 2.86. The van der Waals surface area contributed by atoms with Crippen LogP contribution in [0.3, 0.4) is 0 Å². The van der Waals surface area contributed by atoms with Crippen molar-refractivity contribution < 1.29 is 22.4 Å². The molecule has 0 aliphatic heterocycles. The van der Waals surface area contributed by atoms with Crippen LogP contribution < -0.4 is 5.32 Å². The molecule has 1 aliphatic carbocycles. The average molecular weight is 369 g/mol. The van der Waals surface area contributed by atoms with Crippen molar-refractivity contribution in [2.45, 2.75) is 44.7 Å². The molecule has 1 N–H and O–H groups in total. The van der Waals surface area contributed by atoms with Gasteiger partial charge in [-0.05, 0) is 31.0 Å². The highest BCUT2D eigenvalue weighted by Gasteiger charge is 2.31. The normalized spacial score (nSPS) is 16.3. The molecule has 1 saturated carbocycles. The molecule has 8 heteroatoms. The zero-order chi connectivity index (χ0) is 18.7. The first kappa shape index (κ1) is 18.4. The van der Waals surface area contributed by atoms with Crippen LogP contribution in [0.15, 0.2) is 30.6 Å². The van der Waals surface area contributed by atoms with Crippen LogP contribution in [0.1, 0.15) is 44.1 Å². The molecule has 4 nitrogen and oxygen atoms in total. The van der Waals surface area contributed by atoms with E-state index in [1.165, 1.54) is 12.4 Å². The third kappa shape index (κ3) is 4.05. The van der Waals surface area contributed by atoms with Crippen LogP contribution in [0.4, 0.5) is 23.5 Å². The molecule has 1 aromatic carbocycles. The van der Waals surface area contributed by atoms with Crippen LogP contribution in [0.2, 0.25) is 0 Å². The molecule has 1 aliphatic rings. The second-order valence-electron chi connectivity index (χ2n) is 6.46. The summed E-state index contributed by atoms with van der Waals surface area (Å²) in [6, 6.07) is 2.15. The van der Waals surface area contributed by atoms with Crippen LogP contribution in [-0.2, 0) is 11.0 Å². The van der Waals surface area contributed by atoms with Gasteiger partial charge >= 0.3 is 6.18 Å². The van der Waals surface area contributed by atoms with Gasteiger partial charge in [-0.25, -0.2) is 9.37 Å². The van der Waals surface area contributed by atoms with Crippen LogP contribution in [0.5, 0.6) is 0 Å². The van der Waals surface area contributed by atoms with Gasteiger partial charge in [0.2, 0.25) is 11.9 Å². The van der Waals surface area contributed by atoms with E-state index in [1.807, 2.05) is 0 Å². The van der Waals surface area contributed by atoms with E-state index in [-0.39, 0.29) is 23.5 Å². The van der Waals surface area contributed by atoms with E-state index in [0.717, 1.165) is 49.2 Å². The minimum atomic E-state index is -4.59. The van der Waals surface area contributed by atoms with Crippen molar-refractivity contribution in [2.24, 2.45) is 5.92 Å². The molecule has 0 unspecified atom stereocenters. The van der Waals surface area contributed by atoms with E-state index >= 15 is 0 Å². The number of carbonyl (C=O) groups excluding carboxylic acids is 1. The summed E-state index contributed by atoms with van der Waals surface area (Å²) in [7, 11) is 0. The van der Waals surface area contributed by atoms with Crippen molar-refractivity contribution >= 4 is 11.9 Å². The maximum Gasteiger partial charge on any atom is 0.416 e. The Balaban J connectivity index is 1.86. The second-order valence-corrected chi connectivity index (χ2v) is 6.46. The zero-order valence-corrected chi connectivity index (χ0v) is 14.0. The fraction of sp³-hybridized carbons (Fsp3) is 0.444. The number of hydrogen-bond acceptors (Lipinski definition) is 2. The molecule has 0 atom stereocenters. The largest absolute Gasteiger partial charge is 0.416 e. The maximum absolute atomic E-state index is 14.1. The Labute approximate surface area is 148 Å². The lowest BCUT2D eigenvalue weighted by molar-refractivity contribution is -0.137. The lowest BCUT2D eigenvalue weighted by atomic mass is 10.00. The molecule has 0 radical (unpaired) electrons. The Morgan fingerprint density at radius 2 is 1.85 bits per heavy atom. The van der Waals surface area contributed by atoms with Crippen molar-refractivity contribution in [1.29, 1.82) is 0 Å². The van der Waals surface area contributed by atoms with E-state index in [2.05, 4.69) is 10.3 Å². The lowest BCUT2D eigenvalue weighted by Crippen LogP contribution is -2.24. The minimum absolute atomic E-state index is 0.0115. The number of hydrogen-bond donors (Lipinski definition) is 1. The van der Waals surface area contributed by atoms with Gasteiger partial charge in [-0.3, -0.25) is 14.7 Å². The van der Waals surface area contributed by atoms with Crippen LogP contribution >= 0.6 is 0 Å². The molecule has 26 heavy (non-hydrogen) atoms. The summed E-state index contributed by atoms with van der Waals surface area (Å²) in [5, 5.41) is 2.64. The van der Waals surface area contributed by atoms with Gasteiger partial charge in [-0.1, -0.05) is 25.7 Å². The number of amides is 1. The topological polar surface area (TPSA) is 46.9 Å². The highest BCUT2D eigenvalue weighted by atomic mass is 19.4. The van der Waals surface area contributed by atoms with E-state index in [0.29, 0.717) is 12.1 Å². The third-order valence-corrected chi connectivity index (χ3v) is 4.63. The smallest absolute Gasteiger partial charge is 0.295 e. The van der Waals surface area contributed by atoms with Gasteiger partial charge in [0.15, 0.2) is 0 Å². The SMILES string of the molecule is O=C(Nc1nccn1-c1cc(C(F)(F)F)ccc1F)C1CCCCCC1. The number of halogens is 4. The van der Waals surface area contributed by atoms with Crippen molar-refractivity contribution in [3.8, 4) is 5.69 Å². The zero-order valence-electron chi connectivity index (χ0n) is 14.0. The summed E-state index contributed by atoms with van der Waals surface area (Å²) < 4.78 is 54.0. The molecule has 1 fully saturated rings. The standard InChI is InChI=1S/C18H19F4N3O/c19-14-8-7-13(18(20,21)22)11-15(14)25-10-9-23-17(25)24-16(26)12-5-3-1-2-4-6-12/h7-12H,1-6H2,(H,23,24,26). The van der Waals surface area contributed by atoms with Crippen molar-refractivity contribution in [3.63, 3.8) is 0 Å². The quantitative estimate of drug-likeness (QED) is 0.615. The molecule has 1 amide bonds. The highest BCUT2D eigenvalue weighted by Crippen LogP contribution is 2.32. The van der Waals surface area contributed by atoms with Crippen molar-refractivity contribution in [3.05, 3.63) is 42.0 Å². The van der Waals surface area contributed by atoms with E-state index in [1.54, 1.807) is 0 Å². The van der Waals surface area contributed by atoms with Crippen LogP contribution in [-0.4, -0.2) is 15.5 Å². The van der Waals surface area contributed by atoms with Gasteiger partial charge in [0.1, 0.15) is 5.82 Å². The monoisotopic (exact) mass is 369 g/mol. The number of anilines is 1. The van der Waals surface area contributed by atoms with Gasteiger partial charge < -0.3 is 0 Å². The summed E-state index contributed by atoms with van der Waals surface area (Å²) in [5.41, 5.74) is -1.28. The Kier molecular flexibility index (Phi) is 5.29. The number of rotatable bonds is 3. The summed E-state index contributed by atoms with van der Waals surface area (Å²) in [6.45, 7) is 0. The first-order valence-electron chi connectivity index (χ1n) is 8.57. The van der Waals surface area contributed by atoms with Crippen LogP contribution in [0.25, 0.3) is 5.69 Å². The minimum Gasteiger partial charge on any atom is -0.295 e. The van der Waals surface area contributed by atoms with Crippen LogP contribution in [0, 0.1) is 11.7 Å². The fourth-order valence-corrected chi connectivity index (χ4v) is 3.22. The fourth-order valence-electron chi connectivity index (χ4n) is 3.22. The molecule has 0 spiro atoms. The predicted molar refractivity (Wildman–Crippen MR) is 88.3 cm³/mol. The summed E-state index contributed by atoms with van der Waals surface area (Å²) in [5.74, 6) is -1.21. The summed E-state index contributed by atoms with van der Waals surface area (Å²) in [4.78, 5) is 16.4. The molecular formula is C18H19F4N3O. The Bertz CT molecular complexity index is 777. The van der Waals surface area contributed by atoms with Gasteiger partial charge in [0.05, 0.1) is 11.3 Å². The Morgan fingerprint density at radius 1 is 1.15 bits per heavy atom. The molecule has 3 rings (SSSR count). The van der Waals surface area contributed by atoms with Crippen molar-refractivity contribution in [1.82, 2.24) is 9.55 Å². The molecule has 1 heterocycles. The molecular weight excluding hydrogens is 350 g/mol. The maximum atomic E-state index is 14.1. The number of carbonyl (C=O) groups is 1. The number of benzene rings is 1. The predicted octanol–water partition coefficient (Wildman–Crippen LogP) is 4.94.